The van der Waals surface area contributed by atoms with Crippen molar-refractivity contribution in [3.8, 4) is 5.75 Å². The maximum atomic E-state index is 5.41. The Balaban J connectivity index is 0.00000312. The number of hydrogen-bond donors (Lipinski definition) is 2. The molecule has 0 bridgehead atoms. The van der Waals surface area contributed by atoms with Crippen LogP contribution in [0.25, 0.3) is 0 Å². The average molecular weight is 460 g/mol. The second kappa shape index (κ2) is 12.4. The van der Waals surface area contributed by atoms with Crippen LogP contribution in [0, 0.1) is 5.92 Å². The molecule has 1 aromatic carbocycles. The average Bonchev–Trinajstić information content (AvgIpc) is 2.61. The highest BCUT2D eigenvalue weighted by molar-refractivity contribution is 14.0. The second-order valence-electron chi connectivity index (χ2n) is 6.45. The predicted molar refractivity (Wildman–Crippen MR) is 116 cm³/mol. The fourth-order valence-corrected chi connectivity index (χ4v) is 3.03. The molecule has 0 radical (unpaired) electrons. The van der Waals surface area contributed by atoms with Crippen LogP contribution in [0.15, 0.2) is 29.3 Å². The first-order valence-corrected chi connectivity index (χ1v) is 9.05. The van der Waals surface area contributed by atoms with E-state index in [1.54, 1.807) is 7.11 Å². The number of nitrogens with zero attached hydrogens (tertiary/aromatic N) is 2. The van der Waals surface area contributed by atoms with E-state index in [9.17, 15) is 0 Å². The Morgan fingerprint density at radius 2 is 1.96 bits per heavy atom. The third kappa shape index (κ3) is 7.81. The van der Waals surface area contributed by atoms with E-state index < -0.39 is 0 Å². The Labute approximate surface area is 169 Å². The van der Waals surface area contributed by atoms with Gasteiger partial charge in [-0.2, -0.15) is 0 Å². The second-order valence-corrected chi connectivity index (χ2v) is 6.45. The van der Waals surface area contributed by atoms with Crippen LogP contribution in [0.1, 0.15) is 25.3 Å². The van der Waals surface area contributed by atoms with Crippen LogP contribution >= 0.6 is 24.0 Å². The highest BCUT2D eigenvalue weighted by atomic mass is 127. The van der Waals surface area contributed by atoms with Gasteiger partial charge < -0.3 is 20.3 Å². The molecule has 5 nitrogen and oxygen atoms in total. The summed E-state index contributed by atoms with van der Waals surface area (Å²) < 4.78 is 5.41. The number of para-hydroxylation sites is 1. The maximum absolute atomic E-state index is 5.41. The van der Waals surface area contributed by atoms with Crippen LogP contribution in [0.2, 0.25) is 0 Å². The third-order valence-corrected chi connectivity index (χ3v) is 4.57. The van der Waals surface area contributed by atoms with Gasteiger partial charge in [-0.1, -0.05) is 18.2 Å². The molecule has 1 saturated heterocycles. The summed E-state index contributed by atoms with van der Waals surface area (Å²) in [5, 5.41) is 6.78. The number of piperidine rings is 1. The first kappa shape index (κ1) is 22.0. The van der Waals surface area contributed by atoms with Gasteiger partial charge in [0.05, 0.1) is 7.11 Å². The summed E-state index contributed by atoms with van der Waals surface area (Å²) in [6.07, 6.45) is 3.42. The number of methoxy groups -OCH3 is 1. The molecule has 2 rings (SSSR count). The van der Waals surface area contributed by atoms with E-state index in [0.29, 0.717) is 5.92 Å². The standard InChI is InChI=1S/C19H32N4O.HI/c1-4-20-19(22-15-16-10-13-23(2)14-11-16)21-12-9-17-7-5-6-8-18(17)24-3;/h5-8,16H,4,9-15H2,1-3H3,(H2,20,21,22);1H. The summed E-state index contributed by atoms with van der Waals surface area (Å²) in [5.41, 5.74) is 1.22. The molecule has 1 aliphatic heterocycles. The molecule has 0 aliphatic carbocycles. The number of aliphatic imine (C=N–C) groups is 1. The molecule has 1 heterocycles. The van der Waals surface area contributed by atoms with Gasteiger partial charge in [-0.3, -0.25) is 4.99 Å². The molecule has 0 atom stereocenters. The number of ether oxygens (including phenoxy) is 1. The predicted octanol–water partition coefficient (Wildman–Crippen LogP) is 2.75. The van der Waals surface area contributed by atoms with Crippen molar-refractivity contribution in [3.05, 3.63) is 29.8 Å². The molecular weight excluding hydrogens is 427 g/mol. The Bertz CT molecular complexity index is 516. The lowest BCUT2D eigenvalue weighted by Crippen LogP contribution is -2.39. The summed E-state index contributed by atoms with van der Waals surface area (Å²) in [6.45, 7) is 7.13. The first-order valence-electron chi connectivity index (χ1n) is 9.05. The summed E-state index contributed by atoms with van der Waals surface area (Å²) >= 11 is 0. The lowest BCUT2D eigenvalue weighted by Gasteiger charge is -2.28. The van der Waals surface area contributed by atoms with Gasteiger partial charge in [0.2, 0.25) is 0 Å². The summed E-state index contributed by atoms with van der Waals surface area (Å²) in [5.74, 6) is 2.59. The molecule has 6 heteroatoms. The van der Waals surface area contributed by atoms with Crippen LogP contribution in [0.3, 0.4) is 0 Å². The Kier molecular flexibility index (Phi) is 10.9. The number of benzene rings is 1. The number of nitrogens with one attached hydrogen (secondary N) is 2. The van der Waals surface area contributed by atoms with Crippen LogP contribution in [-0.2, 0) is 6.42 Å². The largest absolute Gasteiger partial charge is 0.496 e. The number of rotatable bonds is 7. The fraction of sp³-hybridized carbons (Fsp3) is 0.632. The summed E-state index contributed by atoms with van der Waals surface area (Å²) in [4.78, 5) is 7.18. The van der Waals surface area contributed by atoms with E-state index in [1.807, 2.05) is 12.1 Å². The highest BCUT2D eigenvalue weighted by Gasteiger charge is 2.16. The molecule has 0 spiro atoms. The SMILES string of the molecule is CCNC(=NCC1CCN(C)CC1)NCCc1ccccc1OC.I. The molecule has 0 saturated carbocycles. The van der Waals surface area contributed by atoms with Gasteiger partial charge in [-0.15, -0.1) is 24.0 Å². The van der Waals surface area contributed by atoms with Gasteiger partial charge in [0.15, 0.2) is 5.96 Å². The molecule has 1 fully saturated rings. The van der Waals surface area contributed by atoms with Crippen molar-refractivity contribution in [1.82, 2.24) is 15.5 Å². The lowest BCUT2D eigenvalue weighted by atomic mass is 9.97. The number of hydrogen-bond acceptors (Lipinski definition) is 3. The van der Waals surface area contributed by atoms with Crippen LogP contribution in [-0.4, -0.2) is 57.7 Å². The van der Waals surface area contributed by atoms with E-state index in [2.05, 4.69) is 41.6 Å². The Morgan fingerprint density at radius 3 is 2.64 bits per heavy atom. The van der Waals surface area contributed by atoms with Crippen molar-refractivity contribution < 1.29 is 4.74 Å². The van der Waals surface area contributed by atoms with Crippen molar-refractivity contribution in [3.63, 3.8) is 0 Å². The molecule has 2 N–H and O–H groups in total. The molecule has 142 valence electrons. The van der Waals surface area contributed by atoms with Crippen molar-refractivity contribution in [2.24, 2.45) is 10.9 Å². The van der Waals surface area contributed by atoms with Gasteiger partial charge >= 0.3 is 0 Å². The molecule has 0 amide bonds. The molecular formula is C19H33IN4O. The van der Waals surface area contributed by atoms with Gasteiger partial charge in [0.25, 0.3) is 0 Å². The zero-order valence-electron chi connectivity index (χ0n) is 15.8. The van der Waals surface area contributed by atoms with E-state index in [-0.39, 0.29) is 24.0 Å². The van der Waals surface area contributed by atoms with Gasteiger partial charge in [0, 0.05) is 19.6 Å². The van der Waals surface area contributed by atoms with Crippen molar-refractivity contribution in [2.45, 2.75) is 26.2 Å². The van der Waals surface area contributed by atoms with E-state index in [1.165, 1.54) is 31.5 Å². The Morgan fingerprint density at radius 1 is 1.24 bits per heavy atom. The van der Waals surface area contributed by atoms with E-state index in [0.717, 1.165) is 37.8 Å². The highest BCUT2D eigenvalue weighted by Crippen LogP contribution is 2.17. The molecule has 1 aromatic rings. The quantitative estimate of drug-likeness (QED) is 0.373. The lowest BCUT2D eigenvalue weighted by molar-refractivity contribution is 0.223. The summed E-state index contributed by atoms with van der Waals surface area (Å²) in [6, 6.07) is 8.18. The number of likely N-dealkylation sites (tertiary alicyclic amines) is 1. The molecule has 25 heavy (non-hydrogen) atoms. The van der Waals surface area contributed by atoms with Crippen LogP contribution < -0.4 is 15.4 Å². The molecule has 0 unspecified atom stereocenters. The van der Waals surface area contributed by atoms with Crippen LogP contribution in [0.5, 0.6) is 5.75 Å². The number of guanidine groups is 1. The minimum absolute atomic E-state index is 0. The minimum Gasteiger partial charge on any atom is -0.496 e. The maximum Gasteiger partial charge on any atom is 0.191 e. The smallest absolute Gasteiger partial charge is 0.191 e. The normalized spacial score (nSPS) is 16.2. The summed E-state index contributed by atoms with van der Waals surface area (Å²) in [7, 11) is 3.92. The topological polar surface area (TPSA) is 48.9 Å². The van der Waals surface area contributed by atoms with Gasteiger partial charge in [-0.05, 0) is 63.9 Å². The van der Waals surface area contributed by atoms with Crippen LogP contribution in [0.4, 0.5) is 0 Å². The minimum atomic E-state index is 0. The molecule has 0 aromatic heterocycles. The van der Waals surface area contributed by atoms with Crippen molar-refractivity contribution >= 4 is 29.9 Å². The zero-order valence-corrected chi connectivity index (χ0v) is 18.1. The fourth-order valence-electron chi connectivity index (χ4n) is 3.03. The zero-order chi connectivity index (χ0) is 17.2. The third-order valence-electron chi connectivity index (χ3n) is 4.57. The Hall–Kier alpha value is -1.02. The molecule has 1 aliphatic rings. The van der Waals surface area contributed by atoms with Gasteiger partial charge in [0.1, 0.15) is 5.75 Å². The van der Waals surface area contributed by atoms with E-state index >= 15 is 0 Å². The van der Waals surface area contributed by atoms with Crippen molar-refractivity contribution in [2.75, 3.05) is 46.9 Å². The first-order chi connectivity index (χ1) is 11.7. The van der Waals surface area contributed by atoms with Gasteiger partial charge in [-0.25, -0.2) is 0 Å². The number of halogens is 1. The van der Waals surface area contributed by atoms with E-state index in [4.69, 9.17) is 9.73 Å². The van der Waals surface area contributed by atoms with Crippen molar-refractivity contribution in [1.29, 1.82) is 0 Å². The monoisotopic (exact) mass is 460 g/mol.